The fourth-order valence-corrected chi connectivity index (χ4v) is 4.06. The Kier molecular flexibility index (Phi) is 3.33. The van der Waals surface area contributed by atoms with Gasteiger partial charge in [-0.3, -0.25) is 0 Å². The average molecular weight is 292 g/mol. The average Bonchev–Trinajstić information content (AvgIpc) is 3.39. The lowest BCUT2D eigenvalue weighted by molar-refractivity contribution is 0.352. The van der Waals surface area contributed by atoms with Crippen LogP contribution in [-0.4, -0.2) is 13.1 Å². The molecule has 1 heterocycles. The van der Waals surface area contributed by atoms with Gasteiger partial charge in [-0.05, 0) is 42.5 Å². The SMILES string of the molecule is C[C@@H]1C(N(C)c2ccccc2)c2ccccc2N[C@H]1C1CC1. The van der Waals surface area contributed by atoms with E-state index >= 15 is 0 Å². The zero-order valence-corrected chi connectivity index (χ0v) is 13.4. The van der Waals surface area contributed by atoms with E-state index in [2.05, 4.69) is 78.8 Å². The predicted octanol–water partition coefficient (Wildman–Crippen LogP) is 4.70. The minimum atomic E-state index is 0.436. The summed E-state index contributed by atoms with van der Waals surface area (Å²) in [5.41, 5.74) is 4.05. The molecule has 4 rings (SSSR count). The van der Waals surface area contributed by atoms with Crippen molar-refractivity contribution in [2.45, 2.75) is 31.8 Å². The largest absolute Gasteiger partial charge is 0.381 e. The topological polar surface area (TPSA) is 15.3 Å². The highest BCUT2D eigenvalue weighted by Crippen LogP contribution is 2.48. The van der Waals surface area contributed by atoms with E-state index in [1.54, 1.807) is 0 Å². The van der Waals surface area contributed by atoms with Gasteiger partial charge in [0, 0.05) is 30.4 Å². The van der Waals surface area contributed by atoms with Crippen LogP contribution >= 0.6 is 0 Å². The van der Waals surface area contributed by atoms with Crippen LogP contribution in [0.2, 0.25) is 0 Å². The van der Waals surface area contributed by atoms with Crippen LogP contribution in [-0.2, 0) is 0 Å². The summed E-state index contributed by atoms with van der Waals surface area (Å²) in [6.07, 6.45) is 2.76. The molecule has 2 aliphatic rings. The van der Waals surface area contributed by atoms with Gasteiger partial charge in [-0.15, -0.1) is 0 Å². The fraction of sp³-hybridized carbons (Fsp3) is 0.400. The molecule has 1 unspecified atom stereocenters. The number of para-hydroxylation sites is 2. The summed E-state index contributed by atoms with van der Waals surface area (Å²) in [6, 6.07) is 20.6. The van der Waals surface area contributed by atoms with Crippen LogP contribution in [0.3, 0.4) is 0 Å². The third-order valence-corrected chi connectivity index (χ3v) is 5.38. The maximum Gasteiger partial charge on any atom is 0.0604 e. The van der Waals surface area contributed by atoms with E-state index in [4.69, 9.17) is 0 Å². The molecule has 0 amide bonds. The number of nitrogens with one attached hydrogen (secondary N) is 1. The number of hydrogen-bond donors (Lipinski definition) is 1. The first kappa shape index (κ1) is 13.7. The number of anilines is 2. The Hall–Kier alpha value is -1.96. The molecule has 1 saturated carbocycles. The number of rotatable bonds is 3. The molecule has 3 atom stereocenters. The lowest BCUT2D eigenvalue weighted by Gasteiger charge is -2.44. The van der Waals surface area contributed by atoms with E-state index in [1.165, 1.54) is 29.8 Å². The van der Waals surface area contributed by atoms with E-state index in [0.29, 0.717) is 18.0 Å². The minimum absolute atomic E-state index is 0.436. The fourth-order valence-electron chi connectivity index (χ4n) is 4.06. The van der Waals surface area contributed by atoms with E-state index in [0.717, 1.165) is 5.92 Å². The molecule has 1 aliphatic carbocycles. The summed E-state index contributed by atoms with van der Waals surface area (Å²) in [5, 5.41) is 3.82. The smallest absolute Gasteiger partial charge is 0.0604 e. The van der Waals surface area contributed by atoms with Crippen molar-refractivity contribution < 1.29 is 0 Å². The molecule has 0 bridgehead atoms. The zero-order valence-electron chi connectivity index (χ0n) is 13.4. The zero-order chi connectivity index (χ0) is 15.1. The maximum absolute atomic E-state index is 3.82. The van der Waals surface area contributed by atoms with Crippen LogP contribution < -0.4 is 10.2 Å². The molecule has 114 valence electrons. The first-order chi connectivity index (χ1) is 10.8. The molecule has 0 radical (unpaired) electrons. The minimum Gasteiger partial charge on any atom is -0.381 e. The van der Waals surface area contributed by atoms with Crippen molar-refractivity contribution >= 4 is 11.4 Å². The summed E-state index contributed by atoms with van der Waals surface area (Å²) in [7, 11) is 2.24. The molecule has 2 aromatic rings. The van der Waals surface area contributed by atoms with Crippen molar-refractivity contribution in [1.82, 2.24) is 0 Å². The van der Waals surface area contributed by atoms with E-state index < -0.39 is 0 Å². The highest BCUT2D eigenvalue weighted by Gasteiger charge is 2.43. The molecular formula is C20H24N2. The summed E-state index contributed by atoms with van der Waals surface area (Å²) in [4.78, 5) is 2.46. The second-order valence-corrected chi connectivity index (χ2v) is 6.85. The third-order valence-electron chi connectivity index (χ3n) is 5.38. The van der Waals surface area contributed by atoms with Crippen LogP contribution in [0.5, 0.6) is 0 Å². The van der Waals surface area contributed by atoms with Gasteiger partial charge in [0.2, 0.25) is 0 Å². The Morgan fingerprint density at radius 2 is 1.64 bits per heavy atom. The van der Waals surface area contributed by atoms with E-state index in [-0.39, 0.29) is 0 Å². The lowest BCUT2D eigenvalue weighted by atomic mass is 9.80. The van der Waals surface area contributed by atoms with Crippen molar-refractivity contribution in [3.63, 3.8) is 0 Å². The molecule has 0 saturated heterocycles. The van der Waals surface area contributed by atoms with Crippen LogP contribution in [0.4, 0.5) is 11.4 Å². The number of hydrogen-bond acceptors (Lipinski definition) is 2. The first-order valence-electron chi connectivity index (χ1n) is 8.39. The second kappa shape index (κ2) is 5.35. The molecule has 1 fully saturated rings. The molecule has 1 N–H and O–H groups in total. The molecule has 2 heteroatoms. The Morgan fingerprint density at radius 1 is 0.955 bits per heavy atom. The first-order valence-corrected chi connectivity index (χ1v) is 8.39. The molecule has 0 aromatic heterocycles. The number of nitrogens with zero attached hydrogens (tertiary/aromatic N) is 1. The van der Waals surface area contributed by atoms with E-state index in [1.807, 2.05) is 0 Å². The molecular weight excluding hydrogens is 268 g/mol. The van der Waals surface area contributed by atoms with Gasteiger partial charge < -0.3 is 10.2 Å². The monoisotopic (exact) mass is 292 g/mol. The Balaban J connectivity index is 1.75. The quantitative estimate of drug-likeness (QED) is 0.881. The van der Waals surface area contributed by atoms with Crippen LogP contribution in [0.15, 0.2) is 54.6 Å². The summed E-state index contributed by atoms with van der Waals surface area (Å²) >= 11 is 0. The predicted molar refractivity (Wildman–Crippen MR) is 93.3 cm³/mol. The van der Waals surface area contributed by atoms with Crippen LogP contribution in [0.25, 0.3) is 0 Å². The van der Waals surface area contributed by atoms with Gasteiger partial charge in [-0.2, -0.15) is 0 Å². The van der Waals surface area contributed by atoms with Gasteiger partial charge in [-0.1, -0.05) is 43.3 Å². The summed E-state index contributed by atoms with van der Waals surface area (Å²) < 4.78 is 0. The van der Waals surface area contributed by atoms with Gasteiger partial charge in [0.15, 0.2) is 0 Å². The maximum atomic E-state index is 3.82. The normalized spacial score (nSPS) is 26.9. The number of fused-ring (bicyclic) bond motifs is 1. The second-order valence-electron chi connectivity index (χ2n) is 6.85. The van der Waals surface area contributed by atoms with Crippen LogP contribution in [0.1, 0.15) is 31.4 Å². The molecule has 2 nitrogen and oxygen atoms in total. The number of benzene rings is 2. The van der Waals surface area contributed by atoms with E-state index in [9.17, 15) is 0 Å². The van der Waals surface area contributed by atoms with Crippen molar-refractivity contribution in [3.8, 4) is 0 Å². The highest BCUT2D eigenvalue weighted by atomic mass is 15.2. The van der Waals surface area contributed by atoms with Crippen molar-refractivity contribution in [2.75, 3.05) is 17.3 Å². The molecule has 0 spiro atoms. The van der Waals surface area contributed by atoms with Crippen molar-refractivity contribution in [1.29, 1.82) is 0 Å². The van der Waals surface area contributed by atoms with Gasteiger partial charge in [0.05, 0.1) is 6.04 Å². The molecule has 1 aliphatic heterocycles. The van der Waals surface area contributed by atoms with Crippen LogP contribution in [0, 0.1) is 11.8 Å². The Bertz CT molecular complexity index is 648. The van der Waals surface area contributed by atoms with Gasteiger partial charge in [-0.25, -0.2) is 0 Å². The summed E-state index contributed by atoms with van der Waals surface area (Å²) in [6.45, 7) is 2.41. The lowest BCUT2D eigenvalue weighted by Crippen LogP contribution is -2.44. The summed E-state index contributed by atoms with van der Waals surface area (Å²) in [5.74, 6) is 1.46. The van der Waals surface area contributed by atoms with Crippen molar-refractivity contribution in [2.24, 2.45) is 11.8 Å². The highest BCUT2D eigenvalue weighted by molar-refractivity contribution is 5.60. The van der Waals surface area contributed by atoms with Gasteiger partial charge in [0.25, 0.3) is 0 Å². The Morgan fingerprint density at radius 3 is 2.36 bits per heavy atom. The Labute approximate surface area is 133 Å². The van der Waals surface area contributed by atoms with Gasteiger partial charge >= 0.3 is 0 Å². The van der Waals surface area contributed by atoms with Gasteiger partial charge in [0.1, 0.15) is 0 Å². The standard InChI is InChI=1S/C20H24N2/c1-14-19(15-12-13-15)21-18-11-7-6-10-17(18)20(14)22(2)16-8-4-3-5-9-16/h3-11,14-15,19-21H,12-13H2,1-2H3/t14-,19+,20?/m0/s1. The third kappa shape index (κ3) is 2.27. The molecule has 22 heavy (non-hydrogen) atoms. The molecule has 2 aromatic carbocycles. The van der Waals surface area contributed by atoms with Crippen molar-refractivity contribution in [3.05, 3.63) is 60.2 Å².